The van der Waals surface area contributed by atoms with Crippen LogP contribution in [0.25, 0.3) is 0 Å². The first kappa shape index (κ1) is 16.8. The number of carbonyl (C=O) groups excluding carboxylic acids is 1. The smallest absolute Gasteiger partial charge is 0.233 e. The van der Waals surface area contributed by atoms with Crippen molar-refractivity contribution in [2.24, 2.45) is 16.3 Å². The highest BCUT2D eigenvalue weighted by atomic mass is 32.2. The van der Waals surface area contributed by atoms with Gasteiger partial charge in [-0.1, -0.05) is 30.8 Å². The van der Waals surface area contributed by atoms with Crippen LogP contribution in [0, 0.1) is 5.41 Å². The highest BCUT2D eigenvalue weighted by Gasteiger charge is 2.43. The molecule has 1 aliphatic heterocycles. The zero-order valence-electron chi connectivity index (χ0n) is 12.3. The normalized spacial score (nSPS) is 26.9. The van der Waals surface area contributed by atoms with Crippen molar-refractivity contribution in [3.63, 3.8) is 0 Å². The van der Waals surface area contributed by atoms with E-state index in [2.05, 4.69) is 10.5 Å². The first-order valence-electron chi connectivity index (χ1n) is 7.65. The van der Waals surface area contributed by atoms with Gasteiger partial charge in [-0.05, 0) is 12.8 Å². The van der Waals surface area contributed by atoms with E-state index in [1.807, 2.05) is 23.5 Å². The number of hydrogen-bond donors (Lipinski definition) is 3. The lowest BCUT2D eigenvalue weighted by Gasteiger charge is -2.31. The number of amides is 1. The number of amidine groups is 1. The standard InChI is InChI=1S/C14H25N3O2S2/c15-12(17-19)14(5-3-1-2-4-6-14)13(18)16-9-11-10-20-7-8-21-11/h11,19H,1-10H2,(H2,15,17)(H,16,18). The van der Waals surface area contributed by atoms with Crippen LogP contribution in [-0.2, 0) is 4.79 Å². The predicted molar refractivity (Wildman–Crippen MR) is 90.1 cm³/mol. The van der Waals surface area contributed by atoms with Crippen LogP contribution in [0.5, 0.6) is 0 Å². The summed E-state index contributed by atoms with van der Waals surface area (Å²) in [6, 6.07) is 0. The first-order chi connectivity index (χ1) is 10.2. The molecule has 0 bridgehead atoms. The van der Waals surface area contributed by atoms with Gasteiger partial charge in [0, 0.05) is 29.1 Å². The third-order valence-electron chi connectivity index (χ3n) is 4.37. The molecule has 4 N–H and O–H groups in total. The first-order valence-corrected chi connectivity index (χ1v) is 9.85. The van der Waals surface area contributed by atoms with E-state index in [-0.39, 0.29) is 11.7 Å². The van der Waals surface area contributed by atoms with E-state index >= 15 is 0 Å². The zero-order chi connectivity index (χ0) is 15.1. The zero-order valence-corrected chi connectivity index (χ0v) is 14.0. The maximum atomic E-state index is 12.7. The van der Waals surface area contributed by atoms with E-state index in [0.717, 1.165) is 37.2 Å². The second-order valence-corrected chi connectivity index (χ2v) is 8.32. The number of hydrogen-bond acceptors (Lipinski definition) is 5. The van der Waals surface area contributed by atoms with Crippen LogP contribution in [0.3, 0.4) is 0 Å². The quantitative estimate of drug-likeness (QED) is 0.241. The van der Waals surface area contributed by atoms with Crippen LogP contribution in [-0.4, -0.2) is 46.0 Å². The Labute approximate surface area is 134 Å². The van der Waals surface area contributed by atoms with Crippen LogP contribution in [0.15, 0.2) is 5.16 Å². The molecule has 0 aromatic rings. The van der Waals surface area contributed by atoms with Crippen LogP contribution >= 0.6 is 23.5 Å². The Balaban J connectivity index is 1.99. The van der Waals surface area contributed by atoms with Gasteiger partial charge >= 0.3 is 0 Å². The van der Waals surface area contributed by atoms with Gasteiger partial charge in [-0.15, -0.1) is 0 Å². The van der Waals surface area contributed by atoms with E-state index in [9.17, 15) is 4.79 Å². The number of carbonyl (C=O) groups is 1. The fraction of sp³-hybridized carbons (Fsp3) is 0.857. The van der Waals surface area contributed by atoms with Crippen molar-refractivity contribution in [3.05, 3.63) is 0 Å². The summed E-state index contributed by atoms with van der Waals surface area (Å²) in [4.78, 5) is 12.7. The van der Waals surface area contributed by atoms with Gasteiger partial charge < -0.3 is 16.3 Å². The predicted octanol–water partition coefficient (Wildman–Crippen LogP) is 2.04. The maximum Gasteiger partial charge on any atom is 0.233 e. The molecule has 0 radical (unpaired) electrons. The molecular formula is C14H25N3O2S2. The molecule has 1 amide bonds. The largest absolute Gasteiger partial charge is 0.409 e. The van der Waals surface area contributed by atoms with Crippen molar-refractivity contribution in [1.82, 2.24) is 5.32 Å². The van der Waals surface area contributed by atoms with Crippen molar-refractivity contribution < 1.29 is 10.0 Å². The molecule has 1 atom stereocenters. The highest BCUT2D eigenvalue weighted by Crippen LogP contribution is 2.36. The van der Waals surface area contributed by atoms with Gasteiger partial charge in [0.2, 0.25) is 5.91 Å². The number of rotatable bonds is 4. The van der Waals surface area contributed by atoms with Crippen molar-refractivity contribution >= 4 is 35.3 Å². The average molecular weight is 332 g/mol. The molecule has 120 valence electrons. The summed E-state index contributed by atoms with van der Waals surface area (Å²) in [5.41, 5.74) is 5.08. The molecule has 1 saturated heterocycles. The van der Waals surface area contributed by atoms with Crippen LogP contribution in [0.1, 0.15) is 38.5 Å². The molecule has 1 unspecified atom stereocenters. The van der Waals surface area contributed by atoms with Crippen molar-refractivity contribution in [2.45, 2.75) is 43.8 Å². The fourth-order valence-electron chi connectivity index (χ4n) is 3.06. The maximum absolute atomic E-state index is 12.7. The molecule has 0 aromatic heterocycles. The molecule has 0 aromatic carbocycles. The number of nitrogens with one attached hydrogen (secondary N) is 1. The summed E-state index contributed by atoms with van der Waals surface area (Å²) in [6.07, 6.45) is 5.50. The number of nitrogens with zero attached hydrogens (tertiary/aromatic N) is 1. The third kappa shape index (κ3) is 4.22. The van der Waals surface area contributed by atoms with Crippen LogP contribution in [0.4, 0.5) is 0 Å². The van der Waals surface area contributed by atoms with Crippen molar-refractivity contribution in [1.29, 1.82) is 0 Å². The van der Waals surface area contributed by atoms with Gasteiger partial charge in [0.15, 0.2) is 5.84 Å². The molecule has 1 saturated carbocycles. The Morgan fingerprint density at radius 1 is 1.29 bits per heavy atom. The van der Waals surface area contributed by atoms with E-state index in [4.69, 9.17) is 10.9 Å². The van der Waals surface area contributed by atoms with E-state index in [0.29, 0.717) is 24.6 Å². The van der Waals surface area contributed by atoms with E-state index < -0.39 is 5.41 Å². The Morgan fingerprint density at radius 2 is 2.00 bits per heavy atom. The van der Waals surface area contributed by atoms with Crippen molar-refractivity contribution in [3.8, 4) is 0 Å². The minimum Gasteiger partial charge on any atom is -0.409 e. The molecule has 2 rings (SSSR count). The molecule has 0 spiro atoms. The topological polar surface area (TPSA) is 87.7 Å². The van der Waals surface area contributed by atoms with Gasteiger partial charge in [0.25, 0.3) is 0 Å². The number of thioether (sulfide) groups is 2. The van der Waals surface area contributed by atoms with Gasteiger partial charge in [-0.2, -0.15) is 23.5 Å². The summed E-state index contributed by atoms with van der Waals surface area (Å²) in [6.45, 7) is 0.678. The lowest BCUT2D eigenvalue weighted by Crippen LogP contribution is -2.51. The fourth-order valence-corrected chi connectivity index (χ4v) is 5.67. The van der Waals surface area contributed by atoms with Gasteiger partial charge in [-0.3, -0.25) is 4.79 Å². The SMILES string of the molecule is NC(=NO)C1(C(=O)NCC2CSCCS2)CCCCCC1. The highest BCUT2D eigenvalue weighted by molar-refractivity contribution is 8.06. The molecule has 2 aliphatic rings. The lowest BCUT2D eigenvalue weighted by molar-refractivity contribution is -0.128. The minimum absolute atomic E-state index is 0.0594. The number of oxime groups is 1. The third-order valence-corrected chi connectivity index (χ3v) is 7.21. The Hall–Kier alpha value is -0.560. The molecular weight excluding hydrogens is 306 g/mol. The number of nitrogens with two attached hydrogens (primary N) is 1. The van der Waals surface area contributed by atoms with Crippen LogP contribution < -0.4 is 11.1 Å². The molecule has 7 heteroatoms. The van der Waals surface area contributed by atoms with Crippen LogP contribution in [0.2, 0.25) is 0 Å². The Morgan fingerprint density at radius 3 is 2.57 bits per heavy atom. The summed E-state index contributed by atoms with van der Waals surface area (Å²) in [5, 5.41) is 15.8. The lowest BCUT2D eigenvalue weighted by atomic mass is 9.78. The van der Waals surface area contributed by atoms with Gasteiger partial charge in [-0.25, -0.2) is 0 Å². The molecule has 5 nitrogen and oxygen atoms in total. The Bertz CT molecular complexity index is 376. The van der Waals surface area contributed by atoms with Crippen molar-refractivity contribution in [2.75, 3.05) is 23.8 Å². The molecule has 21 heavy (non-hydrogen) atoms. The second-order valence-electron chi connectivity index (χ2n) is 5.76. The van der Waals surface area contributed by atoms with E-state index in [1.54, 1.807) is 0 Å². The van der Waals surface area contributed by atoms with E-state index in [1.165, 1.54) is 5.75 Å². The van der Waals surface area contributed by atoms with Gasteiger partial charge in [0.1, 0.15) is 5.41 Å². The minimum atomic E-state index is -0.808. The summed E-state index contributed by atoms with van der Waals surface area (Å²) in [5.74, 6) is 3.45. The average Bonchev–Trinajstić information content (AvgIpc) is 2.79. The molecule has 2 fully saturated rings. The molecule has 1 aliphatic carbocycles. The Kier molecular flexibility index (Phi) is 6.54. The molecule has 1 heterocycles. The second kappa shape index (κ2) is 8.17. The monoisotopic (exact) mass is 331 g/mol. The van der Waals surface area contributed by atoms with Gasteiger partial charge in [0.05, 0.1) is 0 Å². The summed E-state index contributed by atoms with van der Waals surface area (Å²) >= 11 is 3.87. The summed E-state index contributed by atoms with van der Waals surface area (Å²) < 4.78 is 0. The summed E-state index contributed by atoms with van der Waals surface area (Å²) in [7, 11) is 0.